The largest absolute Gasteiger partial charge is 0.477 e. The van der Waals surface area contributed by atoms with Crippen molar-refractivity contribution in [3.63, 3.8) is 0 Å². The molecule has 0 saturated carbocycles. The van der Waals surface area contributed by atoms with Gasteiger partial charge in [0.1, 0.15) is 0 Å². The topological polar surface area (TPSA) is 146 Å². The predicted molar refractivity (Wildman–Crippen MR) is 50.3 cm³/mol. The van der Waals surface area contributed by atoms with Gasteiger partial charge in [-0.3, -0.25) is 9.42 Å². The van der Waals surface area contributed by atoms with Crippen molar-refractivity contribution >= 4 is 0 Å². The smallest absolute Gasteiger partial charge is 0.310 e. The van der Waals surface area contributed by atoms with E-state index in [0.717, 1.165) is 0 Å². The molecule has 0 fully saturated rings. The Labute approximate surface area is 96.6 Å². The number of nitrogens with one attached hydrogen (secondary N) is 1. The van der Waals surface area contributed by atoms with Crippen LogP contribution in [0, 0.1) is 0 Å². The van der Waals surface area contributed by atoms with E-state index in [2.05, 4.69) is 39.7 Å². The molecule has 18 heavy (non-hydrogen) atoms. The molecule has 0 saturated heterocycles. The van der Waals surface area contributed by atoms with E-state index in [1.54, 1.807) is 0 Å². The first-order valence-corrected chi connectivity index (χ1v) is 4.55. The Kier molecular flexibility index (Phi) is 2.15. The molecule has 92 valence electrons. The number of ether oxygens (including phenoxy) is 1. The third-order valence-corrected chi connectivity index (χ3v) is 2.08. The second-order valence-corrected chi connectivity index (χ2v) is 3.05. The van der Waals surface area contributed by atoms with Crippen LogP contribution < -0.4 is 10.3 Å². The van der Waals surface area contributed by atoms with E-state index in [1.165, 1.54) is 7.11 Å². The SMILES string of the molecule is COc1nonc1-c1nonc1-c1no[nH]c1=O. The minimum atomic E-state index is -0.581. The van der Waals surface area contributed by atoms with E-state index < -0.39 is 5.56 Å². The van der Waals surface area contributed by atoms with Crippen molar-refractivity contribution in [2.45, 2.75) is 0 Å². The van der Waals surface area contributed by atoms with Crippen LogP contribution in [0.25, 0.3) is 22.8 Å². The van der Waals surface area contributed by atoms with Crippen molar-refractivity contribution in [2.75, 3.05) is 7.11 Å². The van der Waals surface area contributed by atoms with Crippen LogP contribution in [-0.2, 0) is 0 Å². The Bertz CT molecular complexity index is 722. The quantitative estimate of drug-likeness (QED) is 0.645. The highest BCUT2D eigenvalue weighted by atomic mass is 16.6. The van der Waals surface area contributed by atoms with Crippen molar-refractivity contribution in [1.29, 1.82) is 0 Å². The summed E-state index contributed by atoms with van der Waals surface area (Å²) >= 11 is 0. The van der Waals surface area contributed by atoms with Crippen molar-refractivity contribution in [1.82, 2.24) is 30.9 Å². The summed E-state index contributed by atoms with van der Waals surface area (Å²) in [5.41, 5.74) is -0.402. The maximum atomic E-state index is 11.4. The van der Waals surface area contributed by atoms with Crippen LogP contribution in [0.5, 0.6) is 5.88 Å². The van der Waals surface area contributed by atoms with Crippen LogP contribution in [-0.4, -0.2) is 38.0 Å². The van der Waals surface area contributed by atoms with Gasteiger partial charge >= 0.3 is 5.56 Å². The van der Waals surface area contributed by atoms with Gasteiger partial charge in [0, 0.05) is 0 Å². The summed E-state index contributed by atoms with van der Waals surface area (Å²) in [5.74, 6) is 0.0758. The van der Waals surface area contributed by atoms with Gasteiger partial charge in [-0.15, -0.1) is 0 Å². The van der Waals surface area contributed by atoms with Crippen LogP contribution in [0.15, 0.2) is 18.7 Å². The Hall–Kier alpha value is -2.98. The first-order valence-electron chi connectivity index (χ1n) is 4.55. The molecule has 3 rings (SSSR count). The molecular formula is C7H4N6O5. The van der Waals surface area contributed by atoms with Gasteiger partial charge in [-0.05, 0) is 25.8 Å². The fourth-order valence-corrected chi connectivity index (χ4v) is 1.31. The zero-order valence-electron chi connectivity index (χ0n) is 8.78. The molecular weight excluding hydrogens is 248 g/mol. The lowest BCUT2D eigenvalue weighted by molar-refractivity contribution is 0.281. The first-order chi connectivity index (χ1) is 8.81. The Morgan fingerprint density at radius 3 is 2.28 bits per heavy atom. The molecule has 3 aromatic rings. The number of aromatic nitrogens is 6. The average Bonchev–Trinajstić information content (AvgIpc) is 3.06. The summed E-state index contributed by atoms with van der Waals surface area (Å²) in [6.07, 6.45) is 0. The van der Waals surface area contributed by atoms with Crippen LogP contribution in [0.1, 0.15) is 0 Å². The summed E-state index contributed by atoms with van der Waals surface area (Å²) < 4.78 is 18.4. The van der Waals surface area contributed by atoms with Gasteiger partial charge in [-0.25, -0.2) is 9.26 Å². The zero-order chi connectivity index (χ0) is 12.5. The summed E-state index contributed by atoms with van der Waals surface area (Å²) in [4.78, 5) is 11.4. The minimum absolute atomic E-state index is 0.0407. The maximum Gasteiger partial charge on any atom is 0.310 e. The van der Waals surface area contributed by atoms with Crippen LogP contribution in [0.2, 0.25) is 0 Å². The highest BCUT2D eigenvalue weighted by Crippen LogP contribution is 2.30. The van der Waals surface area contributed by atoms with E-state index >= 15 is 0 Å². The lowest BCUT2D eigenvalue weighted by Gasteiger charge is -1.92. The van der Waals surface area contributed by atoms with Gasteiger partial charge in [0.2, 0.25) is 11.4 Å². The molecule has 0 radical (unpaired) electrons. The summed E-state index contributed by atoms with van der Waals surface area (Å²) in [6, 6.07) is 0. The summed E-state index contributed by atoms with van der Waals surface area (Å²) in [6.45, 7) is 0. The lowest BCUT2D eigenvalue weighted by Crippen LogP contribution is -2.03. The Morgan fingerprint density at radius 2 is 1.61 bits per heavy atom. The third-order valence-electron chi connectivity index (χ3n) is 2.08. The number of hydrogen-bond donors (Lipinski definition) is 1. The van der Waals surface area contributed by atoms with Crippen molar-refractivity contribution in [3.8, 4) is 28.7 Å². The first kappa shape index (κ1) is 10.2. The molecule has 0 aliphatic rings. The molecule has 0 bridgehead atoms. The third kappa shape index (κ3) is 1.37. The molecule has 0 aliphatic heterocycles. The number of aromatic amines is 1. The van der Waals surface area contributed by atoms with Gasteiger partial charge in [0.15, 0.2) is 11.4 Å². The molecule has 0 aliphatic carbocycles. The predicted octanol–water partition coefficient (Wildman–Crippen LogP) is -0.529. The molecule has 3 heterocycles. The number of rotatable bonds is 3. The number of nitrogens with zero attached hydrogens (tertiary/aromatic N) is 5. The molecule has 0 amide bonds. The highest BCUT2D eigenvalue weighted by Gasteiger charge is 2.26. The monoisotopic (exact) mass is 252 g/mol. The zero-order valence-corrected chi connectivity index (χ0v) is 8.78. The second-order valence-electron chi connectivity index (χ2n) is 3.05. The normalized spacial score (nSPS) is 10.7. The van der Waals surface area contributed by atoms with E-state index in [0.29, 0.717) is 0 Å². The fourth-order valence-electron chi connectivity index (χ4n) is 1.31. The average molecular weight is 252 g/mol. The maximum absolute atomic E-state index is 11.4. The number of methoxy groups -OCH3 is 1. The van der Waals surface area contributed by atoms with Crippen molar-refractivity contribution in [2.24, 2.45) is 0 Å². The van der Waals surface area contributed by atoms with E-state index in [1.807, 2.05) is 5.16 Å². The summed E-state index contributed by atoms with van der Waals surface area (Å²) in [5, 5.41) is 19.7. The van der Waals surface area contributed by atoms with Crippen LogP contribution in [0.4, 0.5) is 0 Å². The van der Waals surface area contributed by atoms with E-state index in [4.69, 9.17) is 4.74 Å². The van der Waals surface area contributed by atoms with Gasteiger partial charge < -0.3 is 4.74 Å². The van der Waals surface area contributed by atoms with Crippen molar-refractivity contribution in [3.05, 3.63) is 10.4 Å². The van der Waals surface area contributed by atoms with E-state index in [9.17, 15) is 4.79 Å². The lowest BCUT2D eigenvalue weighted by atomic mass is 10.2. The summed E-state index contributed by atoms with van der Waals surface area (Å²) in [7, 11) is 1.37. The van der Waals surface area contributed by atoms with Gasteiger partial charge in [0.05, 0.1) is 7.11 Å². The molecule has 1 N–H and O–H groups in total. The van der Waals surface area contributed by atoms with Crippen LogP contribution >= 0.6 is 0 Å². The Balaban J connectivity index is 2.19. The van der Waals surface area contributed by atoms with E-state index in [-0.39, 0.29) is 28.7 Å². The van der Waals surface area contributed by atoms with Crippen LogP contribution in [0.3, 0.4) is 0 Å². The van der Waals surface area contributed by atoms with Gasteiger partial charge in [-0.2, -0.15) is 5.16 Å². The second kappa shape index (κ2) is 3.80. The standard InChI is InChI=1S/C7H4N6O5/c1-15-7-5(11-18-13-7)3-2(8-16-9-3)4-6(14)12-17-10-4/h1H3,(H,12,14). The molecule has 0 spiro atoms. The Morgan fingerprint density at radius 1 is 0.944 bits per heavy atom. The molecule has 0 atom stereocenters. The highest BCUT2D eigenvalue weighted by molar-refractivity contribution is 5.74. The van der Waals surface area contributed by atoms with Gasteiger partial charge in [-0.1, -0.05) is 0 Å². The number of H-pyrrole nitrogens is 1. The number of hydrogen-bond acceptors (Lipinski definition) is 10. The minimum Gasteiger partial charge on any atom is -0.477 e. The fraction of sp³-hybridized carbons (Fsp3) is 0.143. The molecule has 11 heteroatoms. The molecule has 3 aromatic heterocycles. The molecule has 0 aromatic carbocycles. The molecule has 0 unspecified atom stereocenters. The van der Waals surface area contributed by atoms with Crippen molar-refractivity contribution < 1.29 is 18.6 Å². The molecule has 11 nitrogen and oxygen atoms in total. The van der Waals surface area contributed by atoms with Gasteiger partial charge in [0.25, 0.3) is 5.88 Å².